The number of nitrogens with zero attached hydrogens (tertiary/aromatic N) is 5. The van der Waals surface area contributed by atoms with Crippen molar-refractivity contribution in [3.63, 3.8) is 0 Å². The first-order valence-corrected chi connectivity index (χ1v) is 10.6. The van der Waals surface area contributed by atoms with Gasteiger partial charge in [0.25, 0.3) is 0 Å². The summed E-state index contributed by atoms with van der Waals surface area (Å²) in [6.45, 7) is 3.73. The first-order valence-electron chi connectivity index (χ1n) is 10.6. The van der Waals surface area contributed by atoms with E-state index in [1.54, 1.807) is 11.8 Å². The van der Waals surface area contributed by atoms with E-state index in [4.69, 9.17) is 4.74 Å². The van der Waals surface area contributed by atoms with Crippen LogP contribution in [0.2, 0.25) is 0 Å². The Balaban J connectivity index is 1.88. The van der Waals surface area contributed by atoms with Crippen molar-refractivity contribution in [3.8, 4) is 28.3 Å². The number of hydrogen-bond donors (Lipinski definition) is 1. The van der Waals surface area contributed by atoms with E-state index in [0.29, 0.717) is 17.0 Å². The number of benzene rings is 2. The van der Waals surface area contributed by atoms with E-state index < -0.39 is 5.54 Å². The van der Waals surface area contributed by atoms with Gasteiger partial charge in [0.05, 0.1) is 29.5 Å². The molecule has 8 heteroatoms. The molecule has 33 heavy (non-hydrogen) atoms. The third kappa shape index (κ3) is 4.17. The molecular weight excluding hydrogens is 416 g/mol. The monoisotopic (exact) mass is 444 g/mol. The van der Waals surface area contributed by atoms with Crippen LogP contribution in [0.5, 0.6) is 5.75 Å². The summed E-state index contributed by atoms with van der Waals surface area (Å²) in [5, 5.41) is 8.49. The molecule has 0 radical (unpaired) electrons. The fourth-order valence-electron chi connectivity index (χ4n) is 3.51. The molecule has 0 spiro atoms. The maximum Gasteiger partial charge on any atom is 0.244 e. The molecule has 4 aromatic rings. The van der Waals surface area contributed by atoms with E-state index in [1.807, 2.05) is 88.6 Å². The zero-order valence-corrected chi connectivity index (χ0v) is 19.7. The number of carbonyl (C=O) groups excluding carboxylic acids is 1. The van der Waals surface area contributed by atoms with Gasteiger partial charge < -0.3 is 10.1 Å². The largest absolute Gasteiger partial charge is 0.494 e. The summed E-state index contributed by atoms with van der Waals surface area (Å²) >= 11 is 0. The molecule has 0 unspecified atom stereocenters. The zero-order valence-electron chi connectivity index (χ0n) is 19.7. The second kappa shape index (κ2) is 8.63. The number of aromatic nitrogens is 4. The highest BCUT2D eigenvalue weighted by molar-refractivity contribution is 6.03. The lowest BCUT2D eigenvalue weighted by Gasteiger charge is -2.31. The predicted molar refractivity (Wildman–Crippen MR) is 130 cm³/mol. The van der Waals surface area contributed by atoms with Gasteiger partial charge in [0.2, 0.25) is 5.91 Å². The number of methoxy groups -OCH3 is 1. The van der Waals surface area contributed by atoms with Gasteiger partial charge >= 0.3 is 0 Å². The maximum atomic E-state index is 13.0. The summed E-state index contributed by atoms with van der Waals surface area (Å²) in [6.07, 6.45) is 3.48. The van der Waals surface area contributed by atoms with Crippen molar-refractivity contribution in [2.75, 3.05) is 26.5 Å². The first-order chi connectivity index (χ1) is 15.7. The van der Waals surface area contributed by atoms with E-state index in [-0.39, 0.29) is 5.91 Å². The third-order valence-electron chi connectivity index (χ3n) is 6.01. The summed E-state index contributed by atoms with van der Waals surface area (Å²) in [4.78, 5) is 23.9. The van der Waals surface area contributed by atoms with Gasteiger partial charge in [-0.2, -0.15) is 5.10 Å². The Morgan fingerprint density at radius 3 is 2.48 bits per heavy atom. The van der Waals surface area contributed by atoms with E-state index in [9.17, 15) is 4.79 Å². The van der Waals surface area contributed by atoms with E-state index >= 15 is 0 Å². The minimum absolute atomic E-state index is 0.144. The number of carbonyl (C=O) groups is 1. The highest BCUT2D eigenvalue weighted by atomic mass is 16.5. The topological polar surface area (TPSA) is 85.2 Å². The second-order valence-corrected chi connectivity index (χ2v) is 8.63. The van der Waals surface area contributed by atoms with Crippen LogP contribution in [-0.2, 0) is 11.8 Å². The Kier molecular flexibility index (Phi) is 5.86. The second-order valence-electron chi connectivity index (χ2n) is 8.63. The molecule has 1 amide bonds. The molecule has 0 fully saturated rings. The predicted octanol–water partition coefficient (Wildman–Crippen LogP) is 3.98. The van der Waals surface area contributed by atoms with Gasteiger partial charge in [0.15, 0.2) is 0 Å². The summed E-state index contributed by atoms with van der Waals surface area (Å²) in [5.41, 5.74) is 4.00. The number of rotatable bonds is 6. The van der Waals surface area contributed by atoms with Crippen LogP contribution in [0.3, 0.4) is 0 Å². The zero-order chi connectivity index (χ0) is 23.8. The van der Waals surface area contributed by atoms with Crippen LogP contribution >= 0.6 is 0 Å². The number of hydrogen-bond acceptors (Lipinski definition) is 6. The standard InChI is InChI=1S/C25H28N6O2/c1-25(2,30(3)4)24(32)28-20-12-17-19(13-21(20)33-6)26-15-27-23(17)18-14-31(5)29-22(18)16-10-8-7-9-11-16/h7-15H,1-6H3,(H,28,32). The van der Waals surface area contributed by atoms with Crippen LogP contribution in [-0.4, -0.2) is 57.3 Å². The molecule has 0 saturated carbocycles. The molecule has 4 rings (SSSR count). The lowest BCUT2D eigenvalue weighted by molar-refractivity contribution is -0.124. The van der Waals surface area contributed by atoms with Crippen LogP contribution in [0.1, 0.15) is 13.8 Å². The fraction of sp³-hybridized carbons (Fsp3) is 0.280. The van der Waals surface area contributed by atoms with Crippen LogP contribution < -0.4 is 10.1 Å². The molecule has 170 valence electrons. The molecule has 1 N–H and O–H groups in total. The van der Waals surface area contributed by atoms with Crippen molar-refractivity contribution in [1.29, 1.82) is 0 Å². The molecule has 2 aromatic carbocycles. The molecule has 0 aliphatic rings. The van der Waals surface area contributed by atoms with Crippen molar-refractivity contribution < 1.29 is 9.53 Å². The van der Waals surface area contributed by atoms with Gasteiger partial charge in [-0.15, -0.1) is 0 Å². The molecule has 0 aliphatic heterocycles. The third-order valence-corrected chi connectivity index (χ3v) is 6.01. The average Bonchev–Trinajstić information content (AvgIpc) is 3.20. The van der Waals surface area contributed by atoms with E-state index in [0.717, 1.165) is 27.9 Å². The Morgan fingerprint density at radius 1 is 1.09 bits per heavy atom. The minimum atomic E-state index is -0.709. The Hall–Kier alpha value is -3.78. The molecule has 8 nitrogen and oxygen atoms in total. The minimum Gasteiger partial charge on any atom is -0.494 e. The number of amides is 1. The molecule has 0 atom stereocenters. The Morgan fingerprint density at radius 2 is 1.82 bits per heavy atom. The first kappa shape index (κ1) is 22.4. The van der Waals surface area contributed by atoms with Crippen molar-refractivity contribution in [3.05, 3.63) is 55.0 Å². The molecule has 2 heterocycles. The Labute approximate surface area is 193 Å². The summed E-state index contributed by atoms with van der Waals surface area (Å²) < 4.78 is 7.34. The van der Waals surface area contributed by atoms with E-state index in [2.05, 4.69) is 20.4 Å². The van der Waals surface area contributed by atoms with Crippen molar-refractivity contribution in [2.24, 2.45) is 7.05 Å². The summed E-state index contributed by atoms with van der Waals surface area (Å²) in [7, 11) is 7.20. The van der Waals surface area contributed by atoms with E-state index in [1.165, 1.54) is 6.33 Å². The number of fused-ring (bicyclic) bond motifs is 1. The fourth-order valence-corrected chi connectivity index (χ4v) is 3.51. The van der Waals surface area contributed by atoms with Gasteiger partial charge in [-0.3, -0.25) is 14.4 Å². The van der Waals surface area contributed by atoms with Crippen LogP contribution in [0.25, 0.3) is 33.4 Å². The van der Waals surface area contributed by atoms with Gasteiger partial charge in [-0.25, -0.2) is 9.97 Å². The molecule has 0 bridgehead atoms. The van der Waals surface area contributed by atoms with Crippen molar-refractivity contribution in [2.45, 2.75) is 19.4 Å². The number of nitrogens with one attached hydrogen (secondary N) is 1. The van der Waals surface area contributed by atoms with Crippen LogP contribution in [0.4, 0.5) is 5.69 Å². The molecular formula is C25H28N6O2. The molecule has 2 aromatic heterocycles. The Bertz CT molecular complexity index is 1310. The quantitative estimate of drug-likeness (QED) is 0.484. The maximum absolute atomic E-state index is 13.0. The number of ether oxygens (including phenoxy) is 1. The number of anilines is 1. The lowest BCUT2D eigenvalue weighted by atomic mass is 10.0. The summed E-state index contributed by atoms with van der Waals surface area (Å²) in [6, 6.07) is 13.7. The smallest absolute Gasteiger partial charge is 0.244 e. The highest BCUT2D eigenvalue weighted by Gasteiger charge is 2.30. The normalized spacial score (nSPS) is 11.7. The summed E-state index contributed by atoms with van der Waals surface area (Å²) in [5.74, 6) is 0.388. The lowest BCUT2D eigenvalue weighted by Crippen LogP contribution is -2.48. The van der Waals surface area contributed by atoms with Gasteiger partial charge in [0, 0.05) is 35.8 Å². The van der Waals surface area contributed by atoms with Gasteiger partial charge in [-0.1, -0.05) is 30.3 Å². The highest BCUT2D eigenvalue weighted by Crippen LogP contribution is 2.37. The van der Waals surface area contributed by atoms with Gasteiger partial charge in [-0.05, 0) is 34.0 Å². The SMILES string of the molecule is COc1cc2ncnc(-c3cn(C)nc3-c3ccccc3)c2cc1NC(=O)C(C)(C)N(C)C. The number of aryl methyl sites for hydroxylation is 1. The van der Waals surface area contributed by atoms with Crippen molar-refractivity contribution >= 4 is 22.5 Å². The van der Waals surface area contributed by atoms with Crippen LogP contribution in [0.15, 0.2) is 55.0 Å². The average molecular weight is 445 g/mol. The van der Waals surface area contributed by atoms with Crippen LogP contribution in [0, 0.1) is 0 Å². The van der Waals surface area contributed by atoms with Crippen molar-refractivity contribution in [1.82, 2.24) is 24.6 Å². The molecule has 0 saturated heterocycles. The number of likely N-dealkylation sites (N-methyl/N-ethyl adjacent to an activating group) is 1. The molecule has 0 aliphatic carbocycles. The van der Waals surface area contributed by atoms with Gasteiger partial charge in [0.1, 0.15) is 17.8 Å².